The lowest BCUT2D eigenvalue weighted by atomic mass is 9.99. The third-order valence-electron chi connectivity index (χ3n) is 5.01. The van der Waals surface area contributed by atoms with Gasteiger partial charge in [-0.1, -0.05) is 18.5 Å². The minimum absolute atomic E-state index is 0.0748. The normalized spacial score (nSPS) is 18.0. The monoisotopic (exact) mass is 410 g/mol. The highest BCUT2D eigenvalue weighted by atomic mass is 35.5. The van der Waals surface area contributed by atoms with Crippen LogP contribution in [0.1, 0.15) is 62.0 Å². The number of piperidine rings is 1. The molecule has 1 saturated heterocycles. The molecule has 0 aromatic heterocycles. The van der Waals surface area contributed by atoms with E-state index < -0.39 is 11.6 Å². The van der Waals surface area contributed by atoms with Crippen LogP contribution in [0.4, 0.5) is 4.79 Å². The molecule has 156 valence electrons. The van der Waals surface area contributed by atoms with Gasteiger partial charge in [-0.05, 0) is 69.8 Å². The number of rotatable bonds is 5. The van der Waals surface area contributed by atoms with E-state index >= 15 is 0 Å². The Hall–Kier alpha value is -1.79. The molecule has 1 heterocycles. The van der Waals surface area contributed by atoms with E-state index in [2.05, 4.69) is 4.90 Å². The second-order valence-corrected chi connectivity index (χ2v) is 8.78. The molecule has 7 heteroatoms. The number of likely N-dealkylation sites (N-methyl/N-ethyl adjacent to an activating group) is 1. The number of carboxylic acids is 1. The van der Waals surface area contributed by atoms with E-state index in [0.29, 0.717) is 18.0 Å². The van der Waals surface area contributed by atoms with Crippen molar-refractivity contribution in [3.8, 4) is 0 Å². The first kappa shape index (κ1) is 22.5. The zero-order valence-corrected chi connectivity index (χ0v) is 18.2. The van der Waals surface area contributed by atoms with E-state index in [1.54, 1.807) is 18.0 Å². The fraction of sp³-hybridized carbons (Fsp3) is 0.619. The van der Waals surface area contributed by atoms with Gasteiger partial charge in [0.15, 0.2) is 0 Å². The van der Waals surface area contributed by atoms with Gasteiger partial charge in [-0.2, -0.15) is 0 Å². The van der Waals surface area contributed by atoms with Crippen molar-refractivity contribution in [2.45, 2.75) is 65.1 Å². The molecule has 1 atom stereocenters. The van der Waals surface area contributed by atoms with E-state index in [4.69, 9.17) is 16.3 Å². The lowest BCUT2D eigenvalue weighted by molar-refractivity contribution is 0.0129. The molecule has 2 rings (SSSR count). The van der Waals surface area contributed by atoms with Gasteiger partial charge in [0.05, 0.1) is 5.56 Å². The lowest BCUT2D eigenvalue weighted by Gasteiger charge is -2.38. The third-order valence-corrected chi connectivity index (χ3v) is 5.34. The van der Waals surface area contributed by atoms with Crippen LogP contribution in [0.15, 0.2) is 12.1 Å². The van der Waals surface area contributed by atoms with Crippen molar-refractivity contribution in [1.82, 2.24) is 9.80 Å². The molecular weight excluding hydrogens is 380 g/mol. The SMILES string of the molecule is CCc1cc(C(=O)O)cc(Cl)c1CN1CCC[C@H](N(C)C(=O)OC(C)(C)C)C1. The molecule has 1 aromatic carbocycles. The highest BCUT2D eigenvalue weighted by molar-refractivity contribution is 6.31. The molecule has 1 amide bonds. The topological polar surface area (TPSA) is 70.1 Å². The largest absolute Gasteiger partial charge is 0.478 e. The Labute approximate surface area is 172 Å². The number of halogens is 1. The van der Waals surface area contributed by atoms with Crippen LogP contribution in [0.5, 0.6) is 0 Å². The number of benzene rings is 1. The van der Waals surface area contributed by atoms with Gasteiger partial charge >= 0.3 is 12.1 Å². The van der Waals surface area contributed by atoms with Crippen LogP contribution < -0.4 is 0 Å². The van der Waals surface area contributed by atoms with Gasteiger partial charge in [-0.3, -0.25) is 4.90 Å². The summed E-state index contributed by atoms with van der Waals surface area (Å²) in [6.07, 6.45) is 2.31. The van der Waals surface area contributed by atoms with Crippen molar-refractivity contribution in [3.63, 3.8) is 0 Å². The molecule has 28 heavy (non-hydrogen) atoms. The summed E-state index contributed by atoms with van der Waals surface area (Å²) in [6.45, 7) is 9.87. The molecule has 0 radical (unpaired) electrons. The van der Waals surface area contributed by atoms with Gasteiger partial charge in [0.2, 0.25) is 0 Å². The van der Waals surface area contributed by atoms with Gasteiger partial charge in [0.25, 0.3) is 0 Å². The predicted molar refractivity (Wildman–Crippen MR) is 110 cm³/mol. The van der Waals surface area contributed by atoms with Crippen LogP contribution in [0, 0.1) is 0 Å². The fourth-order valence-corrected chi connectivity index (χ4v) is 3.81. The number of ether oxygens (including phenoxy) is 1. The first-order valence-corrected chi connectivity index (χ1v) is 10.1. The number of aryl methyl sites for hydroxylation is 1. The van der Waals surface area contributed by atoms with Gasteiger partial charge in [-0.15, -0.1) is 0 Å². The van der Waals surface area contributed by atoms with E-state index in [-0.39, 0.29) is 17.7 Å². The maximum atomic E-state index is 12.4. The van der Waals surface area contributed by atoms with Crippen LogP contribution in [0.3, 0.4) is 0 Å². The molecule has 0 spiro atoms. The molecule has 6 nitrogen and oxygen atoms in total. The summed E-state index contributed by atoms with van der Waals surface area (Å²) in [5.41, 5.74) is 1.61. The van der Waals surface area contributed by atoms with Crippen molar-refractivity contribution in [2.24, 2.45) is 0 Å². The summed E-state index contributed by atoms with van der Waals surface area (Å²) < 4.78 is 5.49. The molecule has 0 aliphatic carbocycles. The highest BCUT2D eigenvalue weighted by Gasteiger charge is 2.29. The number of nitrogens with zero attached hydrogens (tertiary/aromatic N) is 2. The van der Waals surface area contributed by atoms with Crippen molar-refractivity contribution < 1.29 is 19.4 Å². The molecular formula is C21H31ClN2O4. The number of carbonyl (C=O) groups is 2. The Kier molecular flexibility index (Phi) is 7.34. The van der Waals surface area contributed by atoms with Crippen molar-refractivity contribution >= 4 is 23.7 Å². The summed E-state index contributed by atoms with van der Waals surface area (Å²) in [5.74, 6) is -0.972. The number of hydrogen-bond donors (Lipinski definition) is 1. The van der Waals surface area contributed by atoms with Gasteiger partial charge < -0.3 is 14.7 Å². The van der Waals surface area contributed by atoms with Crippen LogP contribution >= 0.6 is 11.6 Å². The number of likely N-dealkylation sites (tertiary alicyclic amines) is 1. The second kappa shape index (κ2) is 9.14. The molecule has 1 fully saturated rings. The minimum Gasteiger partial charge on any atom is -0.478 e. The average Bonchev–Trinajstić information content (AvgIpc) is 2.61. The molecule has 1 aliphatic heterocycles. The maximum absolute atomic E-state index is 12.4. The molecule has 1 N–H and O–H groups in total. The standard InChI is InChI=1S/C21H31ClN2O4/c1-6-14-10-15(19(25)26)11-18(22)17(14)13-24-9-7-8-16(12-24)23(5)20(27)28-21(2,3)4/h10-11,16H,6-9,12-13H2,1-5H3,(H,25,26)/t16-/m0/s1. The van der Waals surface area contributed by atoms with Crippen LogP contribution in [0.2, 0.25) is 5.02 Å². The Morgan fingerprint density at radius 2 is 2.04 bits per heavy atom. The first-order chi connectivity index (χ1) is 13.0. The van der Waals surface area contributed by atoms with Gasteiger partial charge in [0.1, 0.15) is 5.60 Å². The molecule has 0 saturated carbocycles. The summed E-state index contributed by atoms with van der Waals surface area (Å²) in [7, 11) is 1.79. The van der Waals surface area contributed by atoms with Crippen LogP contribution in [-0.2, 0) is 17.7 Å². The molecule has 0 unspecified atom stereocenters. The van der Waals surface area contributed by atoms with Crippen LogP contribution in [-0.4, -0.2) is 58.7 Å². The first-order valence-electron chi connectivity index (χ1n) is 9.74. The molecule has 1 aliphatic rings. The average molecular weight is 411 g/mol. The molecule has 1 aromatic rings. The number of carboxylic acid groups (broad SMARTS) is 1. The fourth-order valence-electron chi connectivity index (χ4n) is 3.51. The summed E-state index contributed by atoms with van der Waals surface area (Å²) >= 11 is 6.42. The summed E-state index contributed by atoms with van der Waals surface area (Å²) in [4.78, 5) is 27.6. The Morgan fingerprint density at radius 1 is 1.36 bits per heavy atom. The van der Waals surface area contributed by atoms with Gasteiger partial charge in [-0.25, -0.2) is 9.59 Å². The van der Waals surface area contributed by atoms with E-state index in [9.17, 15) is 14.7 Å². The van der Waals surface area contributed by atoms with Crippen LogP contribution in [0.25, 0.3) is 0 Å². The third kappa shape index (κ3) is 5.85. The second-order valence-electron chi connectivity index (χ2n) is 8.38. The zero-order valence-electron chi connectivity index (χ0n) is 17.4. The highest BCUT2D eigenvalue weighted by Crippen LogP contribution is 2.27. The predicted octanol–water partition coefficient (Wildman–Crippen LogP) is 4.43. The Balaban J connectivity index is 2.11. The minimum atomic E-state index is -0.972. The number of amides is 1. The smallest absolute Gasteiger partial charge is 0.410 e. The number of hydrogen-bond acceptors (Lipinski definition) is 4. The Morgan fingerprint density at radius 3 is 2.61 bits per heavy atom. The van der Waals surface area contributed by atoms with Crippen molar-refractivity contribution in [3.05, 3.63) is 33.8 Å². The quantitative estimate of drug-likeness (QED) is 0.777. The number of carbonyl (C=O) groups excluding carboxylic acids is 1. The van der Waals surface area contributed by atoms with E-state index in [1.165, 1.54) is 6.07 Å². The Bertz CT molecular complexity index is 730. The van der Waals surface area contributed by atoms with Crippen molar-refractivity contribution in [1.29, 1.82) is 0 Å². The molecule has 0 bridgehead atoms. The number of aromatic carboxylic acids is 1. The van der Waals surface area contributed by atoms with E-state index in [1.807, 2.05) is 27.7 Å². The van der Waals surface area contributed by atoms with Gasteiger partial charge in [0, 0.05) is 31.2 Å². The zero-order chi connectivity index (χ0) is 21.1. The summed E-state index contributed by atoms with van der Waals surface area (Å²) in [6, 6.07) is 3.30. The lowest BCUT2D eigenvalue weighted by Crippen LogP contribution is -2.49. The van der Waals surface area contributed by atoms with Crippen molar-refractivity contribution in [2.75, 3.05) is 20.1 Å². The van der Waals surface area contributed by atoms with E-state index in [0.717, 1.165) is 37.1 Å². The summed E-state index contributed by atoms with van der Waals surface area (Å²) in [5, 5.41) is 9.74. The maximum Gasteiger partial charge on any atom is 0.410 e.